The molecule has 2 rings (SSSR count). The van der Waals surface area contributed by atoms with Gasteiger partial charge in [0, 0.05) is 12.7 Å². The highest BCUT2D eigenvalue weighted by atomic mass is 79.9. The van der Waals surface area contributed by atoms with Crippen molar-refractivity contribution in [3.63, 3.8) is 0 Å². The number of aromatic nitrogens is 1. The summed E-state index contributed by atoms with van der Waals surface area (Å²) in [5.74, 6) is 0.811. The van der Waals surface area contributed by atoms with E-state index >= 15 is 0 Å². The molecule has 1 aromatic heterocycles. The largest absolute Gasteiger partial charge is 0.489 e. The van der Waals surface area contributed by atoms with Gasteiger partial charge in [0.15, 0.2) is 5.75 Å². The van der Waals surface area contributed by atoms with Crippen molar-refractivity contribution in [1.82, 2.24) is 10.3 Å². The Morgan fingerprint density at radius 1 is 1.75 bits per heavy atom. The quantitative estimate of drug-likeness (QED) is 0.792. The monoisotopic (exact) mass is 228 g/mol. The van der Waals surface area contributed by atoms with Crippen LogP contribution in [0.2, 0.25) is 0 Å². The van der Waals surface area contributed by atoms with E-state index in [4.69, 9.17) is 4.74 Å². The maximum absolute atomic E-state index is 5.49. The lowest BCUT2D eigenvalue weighted by molar-refractivity contribution is 0.316. The lowest BCUT2D eigenvalue weighted by Gasteiger charge is -2.04. The Kier molecular flexibility index (Phi) is 2.28. The second-order valence-corrected chi connectivity index (χ2v) is 3.58. The fraction of sp³-hybridized carbons (Fsp3) is 0.375. The van der Waals surface area contributed by atoms with Gasteiger partial charge in [0.2, 0.25) is 0 Å². The van der Waals surface area contributed by atoms with Gasteiger partial charge in [-0.15, -0.1) is 0 Å². The molecule has 1 saturated heterocycles. The summed E-state index contributed by atoms with van der Waals surface area (Å²) in [5.41, 5.74) is 0. The van der Waals surface area contributed by atoms with Crippen molar-refractivity contribution in [2.45, 2.75) is 6.04 Å². The first-order chi connectivity index (χ1) is 5.86. The number of ether oxygens (including phenoxy) is 1. The molecular formula is C8H9BrN2O. The number of pyridine rings is 1. The molecule has 0 spiro atoms. The summed E-state index contributed by atoms with van der Waals surface area (Å²) in [7, 11) is 0. The Morgan fingerprint density at radius 3 is 3.25 bits per heavy atom. The van der Waals surface area contributed by atoms with Crippen molar-refractivity contribution < 1.29 is 4.74 Å². The zero-order chi connectivity index (χ0) is 8.39. The number of halogens is 1. The van der Waals surface area contributed by atoms with Gasteiger partial charge in [-0.3, -0.25) is 4.98 Å². The molecule has 1 aliphatic heterocycles. The molecule has 64 valence electrons. The molecule has 12 heavy (non-hydrogen) atoms. The minimum Gasteiger partial charge on any atom is -0.489 e. The molecule has 2 heterocycles. The van der Waals surface area contributed by atoms with Gasteiger partial charge < -0.3 is 10.1 Å². The Hall–Kier alpha value is -0.610. The Bertz CT molecular complexity index is 276. The summed E-state index contributed by atoms with van der Waals surface area (Å²) in [4.78, 5) is 3.97. The van der Waals surface area contributed by atoms with Crippen LogP contribution < -0.4 is 10.1 Å². The number of nitrogens with one attached hydrogen (secondary N) is 1. The lowest BCUT2D eigenvalue weighted by Crippen LogP contribution is -2.07. The van der Waals surface area contributed by atoms with Crippen molar-refractivity contribution in [2.24, 2.45) is 0 Å². The number of hydrogen-bond acceptors (Lipinski definition) is 3. The van der Waals surface area contributed by atoms with Gasteiger partial charge in [-0.2, -0.15) is 0 Å². The van der Waals surface area contributed by atoms with E-state index in [2.05, 4.69) is 26.2 Å². The fourth-order valence-electron chi connectivity index (χ4n) is 0.861. The predicted octanol–water partition coefficient (Wildman–Crippen LogP) is 1.19. The van der Waals surface area contributed by atoms with E-state index < -0.39 is 0 Å². The normalized spacial score (nSPS) is 20.6. The highest BCUT2D eigenvalue weighted by molar-refractivity contribution is 9.10. The molecule has 1 aliphatic rings. The Morgan fingerprint density at radius 2 is 2.58 bits per heavy atom. The average Bonchev–Trinajstić information content (AvgIpc) is 2.86. The van der Waals surface area contributed by atoms with Gasteiger partial charge in [-0.1, -0.05) is 0 Å². The molecule has 3 nitrogen and oxygen atoms in total. The molecule has 4 heteroatoms. The second-order valence-electron chi connectivity index (χ2n) is 2.72. The van der Waals surface area contributed by atoms with Crippen molar-refractivity contribution in [1.29, 1.82) is 0 Å². The van der Waals surface area contributed by atoms with Crippen molar-refractivity contribution in [3.05, 3.63) is 22.9 Å². The highest BCUT2D eigenvalue weighted by Gasteiger charge is 2.20. The van der Waals surface area contributed by atoms with E-state index in [9.17, 15) is 0 Å². The van der Waals surface area contributed by atoms with Gasteiger partial charge in [-0.05, 0) is 22.0 Å². The van der Waals surface area contributed by atoms with Crippen LogP contribution in [-0.4, -0.2) is 24.2 Å². The van der Waals surface area contributed by atoms with Gasteiger partial charge in [-0.25, -0.2) is 0 Å². The zero-order valence-electron chi connectivity index (χ0n) is 6.46. The maximum Gasteiger partial charge on any atom is 0.151 e. The molecule has 0 radical (unpaired) electrons. The molecule has 0 bridgehead atoms. The molecule has 0 amide bonds. The van der Waals surface area contributed by atoms with Gasteiger partial charge in [0.05, 0.1) is 16.7 Å². The third-order valence-corrected chi connectivity index (χ3v) is 2.32. The first kappa shape index (κ1) is 8.01. The summed E-state index contributed by atoms with van der Waals surface area (Å²) >= 11 is 3.38. The average molecular weight is 229 g/mol. The Balaban J connectivity index is 1.96. The van der Waals surface area contributed by atoms with E-state index in [1.54, 1.807) is 12.4 Å². The zero-order valence-corrected chi connectivity index (χ0v) is 8.04. The van der Waals surface area contributed by atoms with E-state index in [0.717, 1.165) is 23.4 Å². The molecule has 0 saturated carbocycles. The molecule has 1 aromatic rings. The van der Waals surface area contributed by atoms with Crippen LogP contribution in [0, 0.1) is 0 Å². The highest BCUT2D eigenvalue weighted by Crippen LogP contribution is 2.22. The van der Waals surface area contributed by atoms with Crippen LogP contribution >= 0.6 is 15.9 Å². The smallest absolute Gasteiger partial charge is 0.151 e. The van der Waals surface area contributed by atoms with Gasteiger partial charge in [0.25, 0.3) is 0 Å². The fourth-order valence-corrected chi connectivity index (χ4v) is 1.20. The molecule has 0 aliphatic carbocycles. The van der Waals surface area contributed by atoms with Crippen molar-refractivity contribution in [3.8, 4) is 5.75 Å². The summed E-state index contributed by atoms with van der Waals surface area (Å²) in [6.45, 7) is 1.79. The lowest BCUT2D eigenvalue weighted by atomic mass is 10.4. The number of nitrogens with zero attached hydrogens (tertiary/aromatic N) is 1. The first-order valence-electron chi connectivity index (χ1n) is 3.82. The minimum atomic E-state index is 0.539. The number of rotatable bonds is 3. The summed E-state index contributed by atoms with van der Waals surface area (Å²) in [6.07, 6.45) is 3.44. The molecule has 1 fully saturated rings. The summed E-state index contributed by atoms with van der Waals surface area (Å²) in [6, 6.07) is 2.41. The van der Waals surface area contributed by atoms with E-state index in [1.165, 1.54) is 0 Å². The molecule has 1 unspecified atom stereocenters. The number of hydrogen-bond donors (Lipinski definition) is 1. The van der Waals surface area contributed by atoms with Crippen molar-refractivity contribution >= 4 is 15.9 Å². The van der Waals surface area contributed by atoms with Crippen LogP contribution in [0.3, 0.4) is 0 Å². The predicted molar refractivity (Wildman–Crippen MR) is 49.2 cm³/mol. The van der Waals surface area contributed by atoms with Crippen LogP contribution in [0.25, 0.3) is 0 Å². The molecule has 1 N–H and O–H groups in total. The standard InChI is InChI=1S/C8H9BrN2O/c9-7-1-2-10-4-8(7)12-5-6-3-11-6/h1-2,4,6,11H,3,5H2. The second kappa shape index (κ2) is 3.41. The minimum absolute atomic E-state index is 0.539. The van der Waals surface area contributed by atoms with Crippen LogP contribution in [0.15, 0.2) is 22.9 Å². The third-order valence-electron chi connectivity index (χ3n) is 1.67. The summed E-state index contributed by atoms with van der Waals surface area (Å²) in [5, 5.41) is 3.16. The molecule has 0 aromatic carbocycles. The van der Waals surface area contributed by atoms with Crippen LogP contribution in [0.4, 0.5) is 0 Å². The topological polar surface area (TPSA) is 44.1 Å². The molecule has 1 atom stereocenters. The Labute approximate surface area is 79.3 Å². The van der Waals surface area contributed by atoms with Crippen molar-refractivity contribution in [2.75, 3.05) is 13.2 Å². The first-order valence-corrected chi connectivity index (χ1v) is 4.61. The van der Waals surface area contributed by atoms with Crippen LogP contribution in [0.1, 0.15) is 0 Å². The van der Waals surface area contributed by atoms with E-state index in [1.807, 2.05) is 6.07 Å². The van der Waals surface area contributed by atoms with E-state index in [-0.39, 0.29) is 0 Å². The van der Waals surface area contributed by atoms with E-state index in [0.29, 0.717) is 6.04 Å². The van der Waals surface area contributed by atoms with Gasteiger partial charge in [0.1, 0.15) is 6.61 Å². The summed E-state index contributed by atoms with van der Waals surface area (Å²) < 4.78 is 6.45. The third kappa shape index (κ3) is 1.95. The van der Waals surface area contributed by atoms with Crippen LogP contribution in [0.5, 0.6) is 5.75 Å². The van der Waals surface area contributed by atoms with Gasteiger partial charge >= 0.3 is 0 Å². The SMILES string of the molecule is Brc1ccncc1OCC1CN1. The molecular weight excluding hydrogens is 220 g/mol. The van der Waals surface area contributed by atoms with Crippen LogP contribution in [-0.2, 0) is 0 Å². The maximum atomic E-state index is 5.49.